The lowest BCUT2D eigenvalue weighted by Gasteiger charge is -2.29. The number of thioether (sulfide) groups is 1. The summed E-state index contributed by atoms with van der Waals surface area (Å²) in [5.74, 6) is 1.81. The highest BCUT2D eigenvalue weighted by atomic mass is 32.2. The minimum absolute atomic E-state index is 0.0169. The molecule has 0 bridgehead atoms. The smallest absolute Gasteiger partial charge is 0.256 e. The van der Waals surface area contributed by atoms with Crippen molar-refractivity contribution in [3.05, 3.63) is 93.3 Å². The zero-order chi connectivity index (χ0) is 59.0. The molecule has 7 rings (SSSR count). The van der Waals surface area contributed by atoms with Crippen LogP contribution in [0.1, 0.15) is 135 Å². The molecule has 1 aromatic heterocycles. The van der Waals surface area contributed by atoms with Crippen LogP contribution in [0.3, 0.4) is 0 Å². The first-order valence-corrected chi connectivity index (χ1v) is 29.6. The number of Topliss-reactive ketones (excluding diaryl/α,β-unsaturated/α-hetero) is 2. The Kier molecular flexibility index (Phi) is 26.4. The Morgan fingerprint density at radius 2 is 1.27 bits per heavy atom. The third-order valence-electron chi connectivity index (χ3n) is 14.1. The minimum Gasteiger partial charge on any atom is -0.492 e. The maximum absolute atomic E-state index is 13.7. The second kappa shape index (κ2) is 33.2. The van der Waals surface area contributed by atoms with Gasteiger partial charge in [-0.05, 0) is 73.1 Å². The molecule has 2 fully saturated rings. The molecule has 5 heterocycles. The predicted molar refractivity (Wildman–Crippen MR) is 318 cm³/mol. The summed E-state index contributed by atoms with van der Waals surface area (Å²) >= 11 is 1.67. The fraction of sp³-hybridized carbons (Fsp3) is 0.548. The second-order valence-corrected chi connectivity index (χ2v) is 22.7. The summed E-state index contributed by atoms with van der Waals surface area (Å²) in [6.07, 6.45) is 12.3. The van der Waals surface area contributed by atoms with Crippen molar-refractivity contribution >= 4 is 65.2 Å². The van der Waals surface area contributed by atoms with Gasteiger partial charge in [0, 0.05) is 99.1 Å². The third-order valence-corrected chi connectivity index (χ3v) is 15.5. The van der Waals surface area contributed by atoms with Gasteiger partial charge in [0.2, 0.25) is 0 Å². The number of ketones is 2. The van der Waals surface area contributed by atoms with Crippen LogP contribution in [0.5, 0.6) is 17.2 Å². The molecule has 0 aliphatic carbocycles. The number of amides is 2. The number of aliphatic hydroxyl groups excluding tert-OH is 1. The molecular formula is C62H84N6O13S. The van der Waals surface area contributed by atoms with E-state index in [-0.39, 0.29) is 71.3 Å². The normalized spacial score (nSPS) is 17.3. The van der Waals surface area contributed by atoms with Gasteiger partial charge in [0.05, 0.1) is 110 Å². The number of carbonyl (C=O) groups is 5. The Balaban J connectivity index is 0.000000516. The van der Waals surface area contributed by atoms with Gasteiger partial charge in [-0.15, -0.1) is 11.8 Å². The number of aliphatic imine (C=N–C) groups is 2. The highest BCUT2D eigenvalue weighted by molar-refractivity contribution is 8.01. The largest absolute Gasteiger partial charge is 0.492 e. The molecule has 20 heteroatoms. The molecule has 0 spiro atoms. The summed E-state index contributed by atoms with van der Waals surface area (Å²) in [4.78, 5) is 82.8. The maximum atomic E-state index is 13.7. The molecule has 2 saturated heterocycles. The van der Waals surface area contributed by atoms with Crippen molar-refractivity contribution in [1.29, 1.82) is 0 Å². The van der Waals surface area contributed by atoms with Crippen LogP contribution in [0, 0.1) is 0 Å². The summed E-state index contributed by atoms with van der Waals surface area (Å²) in [5.41, 5.74) is 5.63. The van der Waals surface area contributed by atoms with Gasteiger partial charge in [-0.25, -0.2) is 0 Å². The van der Waals surface area contributed by atoms with Crippen LogP contribution in [0.25, 0.3) is 0 Å². The summed E-state index contributed by atoms with van der Waals surface area (Å²) in [6.45, 7) is 21.0. The Morgan fingerprint density at radius 3 is 1.80 bits per heavy atom. The lowest BCUT2D eigenvalue weighted by molar-refractivity contribution is -0.120. The summed E-state index contributed by atoms with van der Waals surface area (Å²) < 4.78 is 39.7. The number of likely N-dealkylation sites (N-methyl/N-ethyl adjacent to an activating group) is 1. The molecule has 1 N–H and O–H groups in total. The van der Waals surface area contributed by atoms with Crippen LogP contribution >= 0.6 is 11.8 Å². The molecule has 2 amide bonds. The van der Waals surface area contributed by atoms with Gasteiger partial charge < -0.3 is 53.0 Å². The lowest BCUT2D eigenvalue weighted by Crippen LogP contribution is -2.37. The summed E-state index contributed by atoms with van der Waals surface area (Å²) in [7, 11) is 2.02. The van der Waals surface area contributed by atoms with Crippen molar-refractivity contribution in [2.24, 2.45) is 9.98 Å². The number of fused-ring (bicyclic) bond motifs is 4. The molecule has 446 valence electrons. The number of rotatable bonds is 33. The van der Waals surface area contributed by atoms with Crippen LogP contribution < -0.4 is 14.2 Å². The highest BCUT2D eigenvalue weighted by Crippen LogP contribution is 2.38. The van der Waals surface area contributed by atoms with E-state index in [1.165, 1.54) is 5.57 Å². The van der Waals surface area contributed by atoms with E-state index >= 15 is 0 Å². The first-order chi connectivity index (χ1) is 39.6. The van der Waals surface area contributed by atoms with Crippen molar-refractivity contribution in [3.63, 3.8) is 0 Å². The summed E-state index contributed by atoms with van der Waals surface area (Å²) in [6, 6.07) is 9.76. The van der Waals surface area contributed by atoms with Gasteiger partial charge in [0.15, 0.2) is 6.29 Å². The molecular weight excluding hydrogens is 1070 g/mol. The number of aromatic nitrogens is 1. The zero-order valence-electron chi connectivity index (χ0n) is 49.2. The lowest BCUT2D eigenvalue weighted by atomic mass is 10.1. The molecule has 2 atom stereocenters. The number of hydrogen-bond acceptors (Lipinski definition) is 18. The van der Waals surface area contributed by atoms with Crippen LogP contribution in [-0.2, 0) is 48.4 Å². The number of carbonyl (C=O) groups excluding carboxylic acids is 5. The average molecular weight is 1150 g/mol. The Hall–Kier alpha value is -6.13. The fourth-order valence-corrected chi connectivity index (χ4v) is 10.6. The molecule has 0 unspecified atom stereocenters. The SMILES string of the molecule is C/C=C1\C[C@H]2C=Nc3cc(OCc4cc(OCCN(C)CC(C)(C)SCC(=O)CCC)cc(COc5cc6c(cc5CO)C(=O)N5C/C(=C/C)C[C@H]5C=N6)n4)c(C=O)cc3C(=O)N2C1.CCOCCOCCOCCOCCC(=O)CC. The number of ether oxygens (including phenoxy) is 7. The monoisotopic (exact) mass is 1150 g/mol. The average Bonchev–Trinajstić information content (AvgIpc) is 3.74. The van der Waals surface area contributed by atoms with Gasteiger partial charge in [0.25, 0.3) is 11.8 Å². The van der Waals surface area contributed by atoms with E-state index in [2.05, 4.69) is 28.7 Å². The van der Waals surface area contributed by atoms with Gasteiger partial charge in [-0.1, -0.05) is 37.1 Å². The van der Waals surface area contributed by atoms with E-state index in [1.54, 1.807) is 70.4 Å². The van der Waals surface area contributed by atoms with Gasteiger partial charge in [-0.2, -0.15) is 0 Å². The topological polar surface area (TPSA) is 218 Å². The molecule has 2 aromatic carbocycles. The third kappa shape index (κ3) is 19.5. The van der Waals surface area contributed by atoms with Crippen molar-refractivity contribution in [3.8, 4) is 17.2 Å². The molecule has 0 radical (unpaired) electrons. The number of pyridine rings is 1. The van der Waals surface area contributed by atoms with E-state index in [4.69, 9.17) is 38.1 Å². The van der Waals surface area contributed by atoms with Crippen molar-refractivity contribution in [2.75, 3.05) is 98.4 Å². The molecule has 0 saturated carbocycles. The second-order valence-electron chi connectivity index (χ2n) is 21.0. The van der Waals surface area contributed by atoms with E-state index in [0.29, 0.717) is 161 Å². The van der Waals surface area contributed by atoms with Crippen molar-refractivity contribution < 1.29 is 62.2 Å². The number of aldehydes is 1. The minimum atomic E-state index is -0.359. The number of benzene rings is 2. The van der Waals surface area contributed by atoms with Gasteiger partial charge in [-0.3, -0.25) is 38.9 Å². The van der Waals surface area contributed by atoms with Gasteiger partial charge >= 0.3 is 0 Å². The van der Waals surface area contributed by atoms with Crippen molar-refractivity contribution in [1.82, 2.24) is 19.7 Å². The first-order valence-electron chi connectivity index (χ1n) is 28.6. The predicted octanol–water partition coefficient (Wildman–Crippen LogP) is 8.93. The molecule has 3 aromatic rings. The Bertz CT molecular complexity index is 2780. The van der Waals surface area contributed by atoms with Crippen LogP contribution in [-0.4, -0.2) is 182 Å². The maximum Gasteiger partial charge on any atom is 0.256 e. The Morgan fingerprint density at radius 1 is 0.720 bits per heavy atom. The molecule has 4 aliphatic rings. The standard InChI is InChI=1S/C49H58N6O8S.C13H26O5/c1-7-10-39(58)29-64-49(4,5)30-53(6)11-12-61-40-17-35(27-62-45-19-43-41(15-33(45)25-56)47(59)54-23-31(8-2)13-37(54)21-50-43)52-36(18-40)28-63-46-20-44-42(16-34(46)26-57)48(60)55-24-32(9-3)14-38(55)22-51-44;1-3-13(14)5-6-16-9-10-18-12-11-17-8-7-15-4-2/h8-9,15-22,25,37-38,57H,7,10-14,23-24,26-30H2,1-6H3;3-12H2,1-2H3/b31-8+,32-9+;/t37-,38-;/m0./s1. The van der Waals surface area contributed by atoms with E-state index < -0.39 is 0 Å². The van der Waals surface area contributed by atoms with E-state index in [1.807, 2.05) is 53.8 Å². The number of nitrogens with zero attached hydrogens (tertiary/aromatic N) is 6. The van der Waals surface area contributed by atoms with E-state index in [0.717, 1.165) is 31.6 Å². The van der Waals surface area contributed by atoms with Crippen LogP contribution in [0.4, 0.5) is 11.4 Å². The zero-order valence-corrected chi connectivity index (χ0v) is 50.0. The molecule has 19 nitrogen and oxygen atoms in total. The fourth-order valence-electron chi connectivity index (χ4n) is 9.60. The Labute approximate surface area is 487 Å². The number of hydrogen-bond donors (Lipinski definition) is 1. The molecule has 4 aliphatic heterocycles. The highest BCUT2D eigenvalue weighted by Gasteiger charge is 2.36. The quantitative estimate of drug-likeness (QED) is 0.0342. The number of allylic oxidation sites excluding steroid dienone is 2. The first kappa shape index (κ1) is 65.0. The van der Waals surface area contributed by atoms with Crippen LogP contribution in [0.2, 0.25) is 0 Å². The molecule has 82 heavy (non-hydrogen) atoms. The summed E-state index contributed by atoms with van der Waals surface area (Å²) in [5, 5.41) is 10.4. The van der Waals surface area contributed by atoms with Crippen LogP contribution in [0.15, 0.2) is 69.7 Å². The van der Waals surface area contributed by atoms with E-state index in [9.17, 15) is 29.1 Å². The van der Waals surface area contributed by atoms with Crippen molar-refractivity contribution in [2.45, 2.75) is 124 Å². The number of aliphatic hydroxyl groups is 1. The van der Waals surface area contributed by atoms with Gasteiger partial charge in [0.1, 0.15) is 48.6 Å².